The van der Waals surface area contributed by atoms with Crippen molar-refractivity contribution < 1.29 is 17.3 Å². The third kappa shape index (κ3) is 5.15. The summed E-state index contributed by atoms with van der Waals surface area (Å²) in [6, 6.07) is 10.3. The molecule has 0 fully saturated rings. The van der Waals surface area contributed by atoms with Crippen LogP contribution >= 0.6 is 19.0 Å². The topological polar surface area (TPSA) is 0 Å². The normalized spacial score (nSPS) is 7.56. The predicted octanol–water partition coefficient (Wildman–Crippen LogP) is 2.88. The van der Waals surface area contributed by atoms with E-state index in [2.05, 4.69) is 36.3 Å². The molecule has 0 aliphatic heterocycles. The molecule has 1 aromatic carbocycles. The fourth-order valence-electron chi connectivity index (χ4n) is 0.534. The van der Waals surface area contributed by atoms with Gasteiger partial charge < -0.3 is 0 Å². The van der Waals surface area contributed by atoms with Gasteiger partial charge in [-0.25, -0.2) is 0 Å². The molecule has 0 aliphatic rings. The summed E-state index contributed by atoms with van der Waals surface area (Å²) in [5, 5.41) is 0. The van der Waals surface area contributed by atoms with Crippen LogP contribution in [0.2, 0.25) is 0 Å². The zero-order valence-corrected chi connectivity index (χ0v) is 8.71. The maximum absolute atomic E-state index is 2.92. The minimum absolute atomic E-state index is 1.32. The number of rotatable bonds is 0. The second-order valence-corrected chi connectivity index (χ2v) is 1.65. The van der Waals surface area contributed by atoms with Gasteiger partial charge in [0.2, 0.25) is 0 Å². The van der Waals surface area contributed by atoms with Crippen LogP contribution in [0.15, 0.2) is 30.3 Å². The van der Waals surface area contributed by atoms with Crippen molar-refractivity contribution in [1.29, 1.82) is 0 Å². The van der Waals surface area contributed by atoms with E-state index in [1.54, 1.807) is 0 Å². The summed E-state index contributed by atoms with van der Waals surface area (Å²) in [6.45, 7) is 2.08. The second-order valence-electron chi connectivity index (χ2n) is 1.65. The zero-order chi connectivity index (χ0) is 7.11. The summed E-state index contributed by atoms with van der Waals surface area (Å²) in [6.07, 6.45) is 0. The van der Waals surface area contributed by atoms with Gasteiger partial charge in [0.25, 0.3) is 0 Å². The molecule has 0 bridgehead atoms. The molecule has 0 saturated carbocycles. The van der Waals surface area contributed by atoms with Crippen LogP contribution in [0.5, 0.6) is 0 Å². The minimum atomic E-state index is 1.32. The SMILES string of the molecule is Cc1ccccc1.[Ag][I]. The van der Waals surface area contributed by atoms with Gasteiger partial charge in [-0.3, -0.25) is 0 Å². The number of hydrogen-bond donors (Lipinski definition) is 0. The van der Waals surface area contributed by atoms with Gasteiger partial charge in [-0.05, 0) is 6.92 Å². The second kappa shape index (κ2) is 6.81. The Morgan fingerprint density at radius 3 is 1.78 bits per heavy atom. The summed E-state index contributed by atoms with van der Waals surface area (Å²) in [5.41, 5.74) is 1.32. The third-order valence-corrected chi connectivity index (χ3v) is 0.940. The van der Waals surface area contributed by atoms with Crippen LogP contribution < -0.4 is 0 Å². The number of benzene rings is 1. The molecular weight excluding hydrogens is 319 g/mol. The summed E-state index contributed by atoms with van der Waals surface area (Å²) < 4.78 is 0. The van der Waals surface area contributed by atoms with Crippen LogP contribution in [0, 0.1) is 6.92 Å². The first kappa shape index (κ1) is 9.69. The van der Waals surface area contributed by atoms with Crippen molar-refractivity contribution in [3.05, 3.63) is 35.9 Å². The Bertz CT molecular complexity index is 139. The molecule has 2 heteroatoms. The van der Waals surface area contributed by atoms with E-state index in [9.17, 15) is 0 Å². The maximum atomic E-state index is 2.92. The van der Waals surface area contributed by atoms with Gasteiger partial charge in [-0.15, -0.1) is 0 Å². The molecule has 0 atom stereocenters. The third-order valence-electron chi connectivity index (χ3n) is 0.940. The molecule has 0 nitrogen and oxygen atoms in total. The molecule has 0 heterocycles. The Hall–Kier alpha value is 0.690. The van der Waals surface area contributed by atoms with Crippen LogP contribution in [0.25, 0.3) is 0 Å². The first-order valence-electron chi connectivity index (χ1n) is 2.52. The van der Waals surface area contributed by atoms with Crippen LogP contribution in [-0.2, 0) is 17.3 Å². The van der Waals surface area contributed by atoms with E-state index in [1.165, 1.54) is 5.56 Å². The average Bonchev–Trinajstić information content (AvgIpc) is 1.94. The van der Waals surface area contributed by atoms with Crippen molar-refractivity contribution in [2.24, 2.45) is 0 Å². The quantitative estimate of drug-likeness (QED) is 0.508. The van der Waals surface area contributed by atoms with Gasteiger partial charge in [0, 0.05) is 0 Å². The standard InChI is InChI=1S/C7H8.Ag.HI/c1-7-5-3-2-4-6-7;;/h2-6H,1H3;;1H/q;+1;/p-1. The molecule has 0 N–H and O–H groups in total. The number of halogens is 1. The van der Waals surface area contributed by atoms with Gasteiger partial charge in [0.15, 0.2) is 0 Å². The van der Waals surface area contributed by atoms with E-state index >= 15 is 0 Å². The van der Waals surface area contributed by atoms with Crippen LogP contribution in [0.3, 0.4) is 0 Å². The van der Waals surface area contributed by atoms with Gasteiger partial charge in [0.05, 0.1) is 0 Å². The molecule has 0 aromatic heterocycles. The van der Waals surface area contributed by atoms with Crippen molar-refractivity contribution in [3.8, 4) is 0 Å². The monoisotopic (exact) mass is 326 g/mol. The predicted molar refractivity (Wildman–Crippen MR) is 45.2 cm³/mol. The summed E-state index contributed by atoms with van der Waals surface area (Å²) in [4.78, 5) is 0. The van der Waals surface area contributed by atoms with Crippen molar-refractivity contribution in [2.75, 3.05) is 0 Å². The van der Waals surface area contributed by atoms with E-state index < -0.39 is 0 Å². The molecule has 9 heavy (non-hydrogen) atoms. The van der Waals surface area contributed by atoms with Crippen molar-refractivity contribution >= 4 is 19.0 Å². The van der Waals surface area contributed by atoms with E-state index in [-0.39, 0.29) is 0 Å². The molecule has 54 valence electrons. The summed E-state index contributed by atoms with van der Waals surface area (Å²) in [7, 11) is 0. The zero-order valence-electron chi connectivity index (χ0n) is 5.07. The number of aryl methyl sites for hydroxylation is 1. The molecule has 1 rings (SSSR count). The Labute approximate surface area is 78.5 Å². The molecule has 0 aliphatic carbocycles. The first-order chi connectivity index (χ1) is 4.39. The number of hydrogen-bond acceptors (Lipinski definition) is 0. The Balaban J connectivity index is 0.000000291. The van der Waals surface area contributed by atoms with Crippen molar-refractivity contribution in [1.82, 2.24) is 0 Å². The Kier molecular flexibility index (Phi) is 7.33. The van der Waals surface area contributed by atoms with Gasteiger partial charge in [-0.2, -0.15) is 0 Å². The van der Waals surface area contributed by atoms with E-state index in [4.69, 9.17) is 0 Å². The fraction of sp³-hybridized carbons (Fsp3) is 0.143. The van der Waals surface area contributed by atoms with E-state index in [1.807, 2.05) is 37.2 Å². The summed E-state index contributed by atoms with van der Waals surface area (Å²) >= 11 is 4.88. The molecule has 0 saturated heterocycles. The molecular formula is C7H8AgI. The molecule has 0 radical (unpaired) electrons. The van der Waals surface area contributed by atoms with Crippen LogP contribution in [-0.4, -0.2) is 0 Å². The van der Waals surface area contributed by atoms with Crippen LogP contribution in [0.1, 0.15) is 5.56 Å². The average molecular weight is 327 g/mol. The molecule has 1 aromatic rings. The van der Waals surface area contributed by atoms with Crippen molar-refractivity contribution in [3.63, 3.8) is 0 Å². The van der Waals surface area contributed by atoms with Gasteiger partial charge >= 0.3 is 36.3 Å². The van der Waals surface area contributed by atoms with E-state index in [0.29, 0.717) is 0 Å². The van der Waals surface area contributed by atoms with E-state index in [0.717, 1.165) is 0 Å². The van der Waals surface area contributed by atoms with Gasteiger partial charge in [-0.1, -0.05) is 35.9 Å². The fourth-order valence-corrected chi connectivity index (χ4v) is 0.534. The molecule has 0 unspecified atom stereocenters. The van der Waals surface area contributed by atoms with Crippen molar-refractivity contribution in [2.45, 2.75) is 6.92 Å². The van der Waals surface area contributed by atoms with Gasteiger partial charge in [0.1, 0.15) is 0 Å². The summed E-state index contributed by atoms with van der Waals surface area (Å²) in [5.74, 6) is 0. The molecule has 0 spiro atoms. The first-order valence-corrected chi connectivity index (χ1v) is 6.93. The Morgan fingerprint density at radius 1 is 1.11 bits per heavy atom. The van der Waals surface area contributed by atoms with Crippen LogP contribution in [0.4, 0.5) is 0 Å². The molecule has 0 amide bonds. The Morgan fingerprint density at radius 2 is 1.56 bits per heavy atom.